The Morgan fingerprint density at radius 1 is 1.00 bits per heavy atom. The van der Waals surface area contributed by atoms with E-state index in [1.165, 1.54) is 0 Å². The van der Waals surface area contributed by atoms with Gasteiger partial charge < -0.3 is 5.32 Å². The van der Waals surface area contributed by atoms with Crippen molar-refractivity contribution >= 4 is 23.1 Å². The fourth-order valence-corrected chi connectivity index (χ4v) is 4.11. The second-order valence-corrected chi connectivity index (χ2v) is 8.37. The number of benzene rings is 2. The molecule has 4 rings (SSSR count). The molecule has 1 aliphatic carbocycles. The topological polar surface area (TPSA) is 29.1 Å². The second kappa shape index (κ2) is 6.44. The highest BCUT2D eigenvalue weighted by molar-refractivity contribution is 6.30. The van der Waals surface area contributed by atoms with E-state index in [0.29, 0.717) is 11.4 Å². The standard InChI is InChI=1S/C23H22ClNO/c1-23(2)13-20-22(21(26)14-23)18(15-8-10-17(24)11-9-15)12-19(25-20)16-6-4-3-5-7-16/h3-12,18,25H,13-14H2,1-2H3. The summed E-state index contributed by atoms with van der Waals surface area (Å²) in [5.41, 5.74) is 5.25. The molecule has 2 aromatic rings. The third kappa shape index (κ3) is 3.22. The van der Waals surface area contributed by atoms with E-state index in [1.54, 1.807) is 0 Å². The van der Waals surface area contributed by atoms with E-state index < -0.39 is 0 Å². The van der Waals surface area contributed by atoms with Crippen molar-refractivity contribution in [1.29, 1.82) is 0 Å². The maximum Gasteiger partial charge on any atom is 0.162 e. The molecule has 0 saturated heterocycles. The highest BCUT2D eigenvalue weighted by Gasteiger charge is 2.38. The lowest BCUT2D eigenvalue weighted by Gasteiger charge is -2.38. The fraction of sp³-hybridized carbons (Fsp3) is 0.261. The molecule has 0 fully saturated rings. The Hall–Kier alpha value is -2.32. The largest absolute Gasteiger partial charge is 0.358 e. The maximum absolute atomic E-state index is 13.0. The Kier molecular flexibility index (Phi) is 4.24. The highest BCUT2D eigenvalue weighted by Crippen LogP contribution is 2.44. The van der Waals surface area contributed by atoms with Gasteiger partial charge in [-0.1, -0.05) is 67.9 Å². The molecule has 2 aliphatic rings. The molecule has 1 aliphatic heterocycles. The lowest BCUT2D eigenvalue weighted by Crippen LogP contribution is -2.35. The molecule has 1 atom stereocenters. The Bertz CT molecular complexity index is 907. The zero-order valence-corrected chi connectivity index (χ0v) is 15.8. The van der Waals surface area contributed by atoms with Crippen molar-refractivity contribution < 1.29 is 4.79 Å². The van der Waals surface area contributed by atoms with Gasteiger partial charge in [0.15, 0.2) is 5.78 Å². The Morgan fingerprint density at radius 2 is 1.69 bits per heavy atom. The fourth-order valence-electron chi connectivity index (χ4n) is 3.98. The lowest BCUT2D eigenvalue weighted by atomic mass is 9.70. The molecule has 0 amide bonds. The summed E-state index contributed by atoms with van der Waals surface area (Å²) in [7, 11) is 0. The van der Waals surface area contributed by atoms with Gasteiger partial charge in [0.2, 0.25) is 0 Å². The third-order valence-corrected chi connectivity index (χ3v) is 5.42. The summed E-state index contributed by atoms with van der Waals surface area (Å²) in [5.74, 6) is 0.203. The number of allylic oxidation sites excluding steroid dienone is 3. The van der Waals surface area contributed by atoms with Crippen molar-refractivity contribution in [3.8, 4) is 0 Å². The highest BCUT2D eigenvalue weighted by atomic mass is 35.5. The van der Waals surface area contributed by atoms with Crippen LogP contribution in [-0.4, -0.2) is 5.78 Å². The number of dihydropyridines is 1. The number of hydrogen-bond donors (Lipinski definition) is 1. The predicted molar refractivity (Wildman–Crippen MR) is 107 cm³/mol. The minimum atomic E-state index is -0.0395. The zero-order valence-electron chi connectivity index (χ0n) is 15.1. The van der Waals surface area contributed by atoms with Crippen LogP contribution in [-0.2, 0) is 4.79 Å². The molecular formula is C23H22ClNO. The van der Waals surface area contributed by atoms with Crippen LogP contribution >= 0.6 is 11.6 Å². The van der Waals surface area contributed by atoms with Gasteiger partial charge in [-0.25, -0.2) is 0 Å². The molecular weight excluding hydrogens is 342 g/mol. The van der Waals surface area contributed by atoms with Gasteiger partial charge in [-0.05, 0) is 41.2 Å². The van der Waals surface area contributed by atoms with Crippen molar-refractivity contribution in [3.63, 3.8) is 0 Å². The molecule has 0 spiro atoms. The van der Waals surface area contributed by atoms with E-state index in [2.05, 4.69) is 37.4 Å². The molecule has 0 aromatic heterocycles. The van der Waals surface area contributed by atoms with Crippen LogP contribution in [0.2, 0.25) is 5.02 Å². The van der Waals surface area contributed by atoms with Gasteiger partial charge in [-0.3, -0.25) is 4.79 Å². The molecule has 0 bridgehead atoms. The first-order valence-corrected chi connectivity index (χ1v) is 9.37. The van der Waals surface area contributed by atoms with Gasteiger partial charge in [0.25, 0.3) is 0 Å². The first kappa shape index (κ1) is 17.1. The van der Waals surface area contributed by atoms with Crippen molar-refractivity contribution in [3.05, 3.63) is 88.1 Å². The molecule has 26 heavy (non-hydrogen) atoms. The van der Waals surface area contributed by atoms with Crippen LogP contribution in [0.1, 0.15) is 43.7 Å². The third-order valence-electron chi connectivity index (χ3n) is 5.16. The summed E-state index contributed by atoms with van der Waals surface area (Å²) in [6.07, 6.45) is 3.64. The predicted octanol–water partition coefficient (Wildman–Crippen LogP) is 5.71. The van der Waals surface area contributed by atoms with Crippen molar-refractivity contribution in [1.82, 2.24) is 5.32 Å². The SMILES string of the molecule is CC1(C)CC(=O)C2=C(C1)NC(c1ccccc1)=CC2c1ccc(Cl)cc1. The van der Waals surface area contributed by atoms with Crippen LogP contribution < -0.4 is 5.32 Å². The minimum absolute atomic E-state index is 0.0212. The molecule has 132 valence electrons. The quantitative estimate of drug-likeness (QED) is 0.740. The van der Waals surface area contributed by atoms with Crippen LogP contribution in [0.4, 0.5) is 0 Å². The molecule has 2 aromatic carbocycles. The Balaban J connectivity index is 1.84. The average Bonchev–Trinajstić information content (AvgIpc) is 2.61. The second-order valence-electron chi connectivity index (χ2n) is 7.93. The van der Waals surface area contributed by atoms with E-state index in [-0.39, 0.29) is 17.1 Å². The van der Waals surface area contributed by atoms with Crippen molar-refractivity contribution in [2.24, 2.45) is 5.41 Å². The monoisotopic (exact) mass is 363 g/mol. The van der Waals surface area contributed by atoms with E-state index in [4.69, 9.17) is 11.6 Å². The van der Waals surface area contributed by atoms with E-state index in [1.807, 2.05) is 42.5 Å². The van der Waals surface area contributed by atoms with Crippen molar-refractivity contribution in [2.45, 2.75) is 32.6 Å². The summed E-state index contributed by atoms with van der Waals surface area (Å²) >= 11 is 6.07. The Morgan fingerprint density at radius 3 is 2.38 bits per heavy atom. The number of halogens is 1. The van der Waals surface area contributed by atoms with Crippen LogP contribution in [0, 0.1) is 5.41 Å². The number of nitrogens with one attached hydrogen (secondary N) is 1. The summed E-state index contributed by atoms with van der Waals surface area (Å²) in [4.78, 5) is 13.0. The van der Waals surface area contributed by atoms with E-state index in [9.17, 15) is 4.79 Å². The first-order valence-electron chi connectivity index (χ1n) is 8.99. The zero-order chi connectivity index (χ0) is 18.3. The molecule has 2 nitrogen and oxygen atoms in total. The lowest BCUT2D eigenvalue weighted by molar-refractivity contribution is -0.118. The van der Waals surface area contributed by atoms with Crippen LogP contribution in [0.15, 0.2) is 71.9 Å². The van der Waals surface area contributed by atoms with Gasteiger partial charge in [0.1, 0.15) is 0 Å². The van der Waals surface area contributed by atoms with Crippen LogP contribution in [0.5, 0.6) is 0 Å². The minimum Gasteiger partial charge on any atom is -0.358 e. The maximum atomic E-state index is 13.0. The van der Waals surface area contributed by atoms with Gasteiger partial charge in [-0.2, -0.15) is 0 Å². The number of ketones is 1. The molecule has 1 unspecified atom stereocenters. The first-order chi connectivity index (χ1) is 12.4. The van der Waals surface area contributed by atoms with E-state index in [0.717, 1.165) is 34.5 Å². The number of rotatable bonds is 2. The van der Waals surface area contributed by atoms with Crippen LogP contribution in [0.25, 0.3) is 5.70 Å². The summed E-state index contributed by atoms with van der Waals surface area (Å²) in [6, 6.07) is 18.1. The summed E-state index contributed by atoms with van der Waals surface area (Å²) < 4.78 is 0. The summed E-state index contributed by atoms with van der Waals surface area (Å²) in [5, 5.41) is 4.27. The number of hydrogen-bond acceptors (Lipinski definition) is 2. The summed E-state index contributed by atoms with van der Waals surface area (Å²) in [6.45, 7) is 4.32. The van der Waals surface area contributed by atoms with Gasteiger partial charge >= 0.3 is 0 Å². The van der Waals surface area contributed by atoms with Gasteiger partial charge in [0.05, 0.1) is 0 Å². The molecule has 0 saturated carbocycles. The van der Waals surface area contributed by atoms with Crippen molar-refractivity contribution in [2.75, 3.05) is 0 Å². The normalized spacial score (nSPS) is 21.7. The number of carbonyl (C=O) groups excluding carboxylic acids is 1. The smallest absolute Gasteiger partial charge is 0.162 e. The van der Waals surface area contributed by atoms with Gasteiger partial charge in [-0.15, -0.1) is 0 Å². The average molecular weight is 364 g/mol. The molecule has 1 N–H and O–H groups in total. The molecule has 0 radical (unpaired) electrons. The Labute approximate surface area is 159 Å². The van der Waals surface area contributed by atoms with Crippen LogP contribution in [0.3, 0.4) is 0 Å². The van der Waals surface area contributed by atoms with E-state index >= 15 is 0 Å². The number of Topliss-reactive ketones (excluding diaryl/α,β-unsaturated/α-hetero) is 1. The molecule has 3 heteroatoms. The number of carbonyl (C=O) groups is 1. The van der Waals surface area contributed by atoms with Gasteiger partial charge in [0, 0.05) is 34.3 Å². The molecule has 1 heterocycles.